The molecule has 0 unspecified atom stereocenters. The number of nitrogens with zero attached hydrogens (tertiary/aromatic N) is 1. The molecule has 0 spiro atoms. The van der Waals surface area contributed by atoms with Gasteiger partial charge in [-0.25, -0.2) is 4.79 Å². The second-order valence-corrected chi connectivity index (χ2v) is 8.79. The second-order valence-electron chi connectivity index (χ2n) is 5.16. The third kappa shape index (κ3) is 4.79. The fourth-order valence-corrected chi connectivity index (χ4v) is 3.35. The number of carboxylic acids is 1. The summed E-state index contributed by atoms with van der Waals surface area (Å²) in [5, 5.41) is 17.2. The van der Waals surface area contributed by atoms with Crippen LogP contribution in [0.5, 0.6) is 5.75 Å². The number of fused-ring (bicyclic) bond motifs is 1. The highest BCUT2D eigenvalue weighted by atomic mass is 35.5. The van der Waals surface area contributed by atoms with Crippen LogP contribution in [0.4, 0.5) is 5.69 Å². The lowest BCUT2D eigenvalue weighted by Gasteiger charge is -2.09. The van der Waals surface area contributed by atoms with Crippen molar-refractivity contribution in [2.24, 2.45) is 4.99 Å². The second kappa shape index (κ2) is 7.66. The fraction of sp³-hybridized carbons (Fsp3) is 0. The van der Waals surface area contributed by atoms with Crippen LogP contribution < -0.4 is 0 Å². The minimum absolute atomic E-state index is 0.174. The molecule has 10 nitrogen and oxygen atoms in total. The third-order valence-electron chi connectivity index (χ3n) is 3.26. The van der Waals surface area contributed by atoms with Gasteiger partial charge in [-0.1, -0.05) is 23.2 Å². The molecule has 0 saturated carbocycles. The zero-order valence-electron chi connectivity index (χ0n) is 13.2. The average Bonchev–Trinajstić information content (AvgIpc) is 2.56. The van der Waals surface area contributed by atoms with Gasteiger partial charge in [0.1, 0.15) is 10.8 Å². The third-order valence-corrected chi connectivity index (χ3v) is 5.68. The van der Waals surface area contributed by atoms with Gasteiger partial charge in [0.2, 0.25) is 0 Å². The number of rotatable bonds is 5. The molecule has 0 aliphatic rings. The highest BCUT2D eigenvalue weighted by molar-refractivity contribution is 7.86. The van der Waals surface area contributed by atoms with Gasteiger partial charge in [0.15, 0.2) is 0 Å². The largest absolute Gasteiger partial charge is 0.507 e. The van der Waals surface area contributed by atoms with E-state index in [1.54, 1.807) is 0 Å². The number of aromatic hydroxyl groups is 1. The van der Waals surface area contributed by atoms with E-state index in [2.05, 4.69) is 4.99 Å². The van der Waals surface area contributed by atoms with Crippen molar-refractivity contribution in [2.45, 2.75) is 9.79 Å². The monoisotopic (exact) mass is 469 g/mol. The van der Waals surface area contributed by atoms with Gasteiger partial charge in [0.05, 0.1) is 20.5 Å². The lowest BCUT2D eigenvalue weighted by Crippen LogP contribution is -2.00. The van der Waals surface area contributed by atoms with Gasteiger partial charge < -0.3 is 10.2 Å². The zero-order valence-corrected chi connectivity index (χ0v) is 16.4. The van der Waals surface area contributed by atoms with Crippen LogP contribution in [0.3, 0.4) is 0 Å². The molecule has 150 valence electrons. The van der Waals surface area contributed by atoms with Gasteiger partial charge in [-0.2, -0.15) is 16.8 Å². The molecule has 0 bridgehead atoms. The lowest BCUT2D eigenvalue weighted by molar-refractivity contribution is -0.131. The number of allylic oxidation sites excluding steroid dienone is 1. The maximum Gasteiger partial charge on any atom is 0.348 e. The van der Waals surface area contributed by atoms with Crippen LogP contribution in [-0.2, 0) is 25.0 Å². The highest BCUT2D eigenvalue weighted by Crippen LogP contribution is 2.38. The standard InChI is InChI=1S/C14H9Cl2NO9S2/c15-9(13(16)14(19)20)5-17-10-3-7(27(21,22)23)1-6-2-8(28(24,25)26)4-11(18)12(6)10/h1-5,18H,(H,19,20)(H,21,22,23)(H,24,25,26)/b13-9+,17-5?. The Hall–Kier alpha value is -2.22. The first-order chi connectivity index (χ1) is 12.7. The Bertz CT molecular complexity index is 1260. The topological polar surface area (TPSA) is 179 Å². The van der Waals surface area contributed by atoms with Crippen molar-refractivity contribution in [1.29, 1.82) is 0 Å². The normalized spacial score (nSPS) is 13.7. The summed E-state index contributed by atoms with van der Waals surface area (Å²) in [7, 11) is -9.53. The van der Waals surface area contributed by atoms with Crippen LogP contribution in [0.25, 0.3) is 10.8 Å². The van der Waals surface area contributed by atoms with E-state index in [0.29, 0.717) is 6.07 Å². The number of halogens is 2. The molecule has 2 rings (SSSR count). The number of aliphatic carboxylic acids is 1. The number of carboxylic acid groups (broad SMARTS) is 1. The smallest absolute Gasteiger partial charge is 0.348 e. The molecule has 0 atom stereocenters. The van der Waals surface area contributed by atoms with Crippen molar-refractivity contribution in [3.63, 3.8) is 0 Å². The van der Waals surface area contributed by atoms with Crippen LogP contribution in [0, 0.1) is 0 Å². The molecule has 2 aromatic carbocycles. The molecule has 0 aliphatic heterocycles. The first-order valence-electron chi connectivity index (χ1n) is 6.80. The van der Waals surface area contributed by atoms with Crippen molar-refractivity contribution in [1.82, 2.24) is 0 Å². The van der Waals surface area contributed by atoms with Crippen LogP contribution in [0.1, 0.15) is 0 Å². The summed E-state index contributed by atoms with van der Waals surface area (Å²) in [5.74, 6) is -2.26. The molecule has 0 heterocycles. The number of hydrogen-bond acceptors (Lipinski definition) is 7. The molecule has 28 heavy (non-hydrogen) atoms. The Morgan fingerprint density at radius 2 is 1.46 bits per heavy atom. The first kappa shape index (κ1) is 22.1. The number of aliphatic imine (C=N–C) groups is 1. The molecule has 2 aromatic rings. The number of benzene rings is 2. The van der Waals surface area contributed by atoms with E-state index >= 15 is 0 Å². The Labute approximate surface area is 167 Å². The van der Waals surface area contributed by atoms with Gasteiger partial charge in [0.25, 0.3) is 20.2 Å². The SMILES string of the molecule is O=C(O)/C(Cl)=C(\Cl)C=Nc1cc(S(=O)(=O)O)cc2cc(S(=O)(=O)O)cc(O)c12. The molecule has 0 aliphatic carbocycles. The van der Waals surface area contributed by atoms with E-state index in [1.165, 1.54) is 0 Å². The number of hydrogen-bond donors (Lipinski definition) is 4. The van der Waals surface area contributed by atoms with Gasteiger partial charge in [-0.15, -0.1) is 0 Å². The summed E-state index contributed by atoms with van der Waals surface area (Å²) in [4.78, 5) is 13.1. The Balaban J connectivity index is 2.88. The van der Waals surface area contributed by atoms with Crippen molar-refractivity contribution in [3.8, 4) is 5.75 Å². The van der Waals surface area contributed by atoms with Crippen molar-refractivity contribution in [2.75, 3.05) is 0 Å². The number of phenolic OH excluding ortho intramolecular Hbond substituents is 1. The Morgan fingerprint density at radius 1 is 0.964 bits per heavy atom. The Kier molecular flexibility index (Phi) is 6.04. The van der Waals surface area contributed by atoms with Crippen LogP contribution >= 0.6 is 23.2 Å². The molecule has 0 amide bonds. The summed E-state index contributed by atoms with van der Waals surface area (Å²) in [6.45, 7) is 0. The zero-order chi connectivity index (χ0) is 21.4. The van der Waals surface area contributed by atoms with Crippen LogP contribution in [0.2, 0.25) is 0 Å². The predicted molar refractivity (Wildman–Crippen MR) is 99.8 cm³/mol. The Morgan fingerprint density at radius 3 is 1.93 bits per heavy atom. The summed E-state index contributed by atoms with van der Waals surface area (Å²) in [5.41, 5.74) is -0.322. The molecular formula is C14H9Cl2NO9S2. The first-order valence-corrected chi connectivity index (χ1v) is 10.4. The summed E-state index contributed by atoms with van der Waals surface area (Å²) in [6, 6.07) is 3.17. The highest BCUT2D eigenvalue weighted by Gasteiger charge is 2.19. The van der Waals surface area contributed by atoms with Gasteiger partial charge in [-0.3, -0.25) is 14.1 Å². The van der Waals surface area contributed by atoms with E-state index in [4.69, 9.17) is 32.9 Å². The van der Waals surface area contributed by atoms with Crippen molar-refractivity contribution < 1.29 is 40.9 Å². The van der Waals surface area contributed by atoms with Crippen molar-refractivity contribution >= 4 is 72.1 Å². The minimum atomic E-state index is -4.78. The van der Waals surface area contributed by atoms with Gasteiger partial charge in [0, 0.05) is 17.7 Å². The molecular weight excluding hydrogens is 461 g/mol. The molecule has 0 radical (unpaired) electrons. The summed E-state index contributed by atoms with van der Waals surface area (Å²) < 4.78 is 63.9. The molecule has 14 heteroatoms. The lowest BCUT2D eigenvalue weighted by atomic mass is 10.1. The van der Waals surface area contributed by atoms with Gasteiger partial charge >= 0.3 is 5.97 Å². The number of phenols is 1. The van der Waals surface area contributed by atoms with E-state index in [-0.39, 0.29) is 16.5 Å². The summed E-state index contributed by atoms with van der Waals surface area (Å²) in [6.07, 6.45) is 0.747. The van der Waals surface area contributed by atoms with E-state index in [1.807, 2.05) is 0 Å². The van der Waals surface area contributed by atoms with Crippen LogP contribution in [-0.4, -0.2) is 48.3 Å². The van der Waals surface area contributed by atoms with E-state index < -0.39 is 51.8 Å². The predicted octanol–water partition coefficient (Wildman–Crippen LogP) is 2.51. The van der Waals surface area contributed by atoms with Gasteiger partial charge in [-0.05, 0) is 23.6 Å². The quantitative estimate of drug-likeness (QED) is 0.290. The molecule has 0 fully saturated rings. The summed E-state index contributed by atoms with van der Waals surface area (Å²) >= 11 is 11.1. The van der Waals surface area contributed by atoms with Crippen molar-refractivity contribution in [3.05, 3.63) is 34.3 Å². The number of carbonyl (C=O) groups is 1. The van der Waals surface area contributed by atoms with E-state index in [9.17, 15) is 31.3 Å². The maximum absolute atomic E-state index is 11.5. The molecule has 4 N–H and O–H groups in total. The van der Waals surface area contributed by atoms with E-state index in [0.717, 1.165) is 24.4 Å². The average molecular weight is 470 g/mol. The minimum Gasteiger partial charge on any atom is -0.507 e. The van der Waals surface area contributed by atoms with Crippen LogP contribution in [0.15, 0.2) is 49.1 Å². The maximum atomic E-state index is 11.5. The fourth-order valence-electron chi connectivity index (χ4n) is 2.10. The molecule has 0 aromatic heterocycles. The molecule has 0 saturated heterocycles.